The van der Waals surface area contributed by atoms with Crippen LogP contribution >= 0.6 is 0 Å². The van der Waals surface area contributed by atoms with Crippen molar-refractivity contribution in [3.8, 4) is 0 Å². The van der Waals surface area contributed by atoms with E-state index in [0.29, 0.717) is 6.10 Å². The number of nitrogens with two attached hydrogens (primary N) is 1. The number of aromatic nitrogens is 1. The van der Waals surface area contributed by atoms with Crippen LogP contribution in [0.3, 0.4) is 0 Å². The Hall–Kier alpha value is -0.930. The molecule has 1 fully saturated rings. The van der Waals surface area contributed by atoms with Crippen molar-refractivity contribution in [3.63, 3.8) is 0 Å². The van der Waals surface area contributed by atoms with Crippen LogP contribution in [0.5, 0.6) is 0 Å². The van der Waals surface area contributed by atoms with Crippen molar-refractivity contribution in [2.75, 3.05) is 6.61 Å². The van der Waals surface area contributed by atoms with Crippen LogP contribution in [0, 0.1) is 6.92 Å². The van der Waals surface area contributed by atoms with E-state index in [4.69, 9.17) is 10.5 Å². The molecule has 0 radical (unpaired) electrons. The normalized spacial score (nSPS) is 21.8. The van der Waals surface area contributed by atoms with Gasteiger partial charge in [0.15, 0.2) is 0 Å². The van der Waals surface area contributed by atoms with Crippen LogP contribution < -0.4 is 5.73 Å². The monoisotopic (exact) mass is 248 g/mol. The Morgan fingerprint density at radius 1 is 1.44 bits per heavy atom. The topological polar surface area (TPSA) is 48.1 Å². The minimum absolute atomic E-state index is 0.200. The van der Waals surface area contributed by atoms with Gasteiger partial charge in [-0.3, -0.25) is 4.98 Å². The minimum atomic E-state index is 0.200. The van der Waals surface area contributed by atoms with E-state index in [1.165, 1.54) is 24.8 Å². The predicted molar refractivity (Wildman–Crippen MR) is 73.5 cm³/mol. The molecule has 2 atom stereocenters. The lowest BCUT2D eigenvalue weighted by Gasteiger charge is -2.23. The molecule has 0 amide bonds. The summed E-state index contributed by atoms with van der Waals surface area (Å²) in [4.78, 5) is 4.40. The fourth-order valence-corrected chi connectivity index (χ4v) is 2.42. The molecule has 0 aromatic carbocycles. The lowest BCUT2D eigenvalue weighted by molar-refractivity contribution is 0.00914. The third kappa shape index (κ3) is 4.39. The van der Waals surface area contributed by atoms with Crippen LogP contribution in [0.1, 0.15) is 43.4 Å². The molecule has 18 heavy (non-hydrogen) atoms. The Labute approximate surface area is 110 Å². The lowest BCUT2D eigenvalue weighted by Crippen LogP contribution is -2.27. The molecule has 1 aliphatic rings. The zero-order valence-corrected chi connectivity index (χ0v) is 11.3. The fourth-order valence-electron chi connectivity index (χ4n) is 2.42. The number of nitrogens with zero attached hydrogens (tertiary/aromatic N) is 1. The van der Waals surface area contributed by atoms with E-state index in [-0.39, 0.29) is 6.04 Å². The Balaban J connectivity index is 1.71. The first kappa shape index (κ1) is 13.5. The van der Waals surface area contributed by atoms with E-state index in [0.717, 1.165) is 31.6 Å². The van der Waals surface area contributed by atoms with Crippen molar-refractivity contribution in [3.05, 3.63) is 29.6 Å². The van der Waals surface area contributed by atoms with Crippen molar-refractivity contribution in [1.82, 2.24) is 4.98 Å². The number of pyridine rings is 1. The highest BCUT2D eigenvalue weighted by Gasteiger charge is 2.15. The molecule has 2 N–H and O–H groups in total. The van der Waals surface area contributed by atoms with Gasteiger partial charge in [-0.25, -0.2) is 0 Å². The molecule has 0 bridgehead atoms. The van der Waals surface area contributed by atoms with Crippen LogP contribution in [0.4, 0.5) is 0 Å². The molecule has 1 aromatic rings. The maximum Gasteiger partial charge on any atom is 0.0575 e. The second-order valence-corrected chi connectivity index (χ2v) is 5.36. The summed E-state index contributed by atoms with van der Waals surface area (Å²) in [6, 6.07) is 4.37. The van der Waals surface area contributed by atoms with E-state index in [1.807, 2.05) is 6.20 Å². The zero-order valence-electron chi connectivity index (χ0n) is 11.3. The summed E-state index contributed by atoms with van der Waals surface area (Å²) in [7, 11) is 0. The summed E-state index contributed by atoms with van der Waals surface area (Å²) in [6.45, 7) is 2.98. The second kappa shape index (κ2) is 6.86. The van der Waals surface area contributed by atoms with Gasteiger partial charge >= 0.3 is 0 Å². The lowest BCUT2D eigenvalue weighted by atomic mass is 9.99. The minimum Gasteiger partial charge on any atom is -0.378 e. The molecule has 1 aromatic heterocycles. The molecule has 3 heteroatoms. The molecule has 0 aliphatic carbocycles. The first-order valence-electron chi connectivity index (χ1n) is 7.03. The van der Waals surface area contributed by atoms with Gasteiger partial charge in [0.05, 0.1) is 6.10 Å². The molecular formula is C15H24N2O. The summed E-state index contributed by atoms with van der Waals surface area (Å²) in [5, 5.41) is 0. The van der Waals surface area contributed by atoms with E-state index in [1.54, 1.807) is 0 Å². The van der Waals surface area contributed by atoms with E-state index in [9.17, 15) is 0 Å². The average Bonchev–Trinajstić information content (AvgIpc) is 2.40. The van der Waals surface area contributed by atoms with Crippen molar-refractivity contribution < 1.29 is 4.74 Å². The first-order chi connectivity index (χ1) is 8.74. The summed E-state index contributed by atoms with van der Waals surface area (Å²) in [5.74, 6) is 0. The van der Waals surface area contributed by atoms with E-state index in [2.05, 4.69) is 24.0 Å². The molecule has 1 aliphatic heterocycles. The average molecular weight is 248 g/mol. The molecule has 2 rings (SSSR count). The number of hydrogen-bond donors (Lipinski definition) is 1. The molecule has 0 spiro atoms. The van der Waals surface area contributed by atoms with Crippen molar-refractivity contribution in [2.45, 2.75) is 57.6 Å². The van der Waals surface area contributed by atoms with Gasteiger partial charge < -0.3 is 10.5 Å². The van der Waals surface area contributed by atoms with E-state index < -0.39 is 0 Å². The maximum atomic E-state index is 6.17. The van der Waals surface area contributed by atoms with Crippen molar-refractivity contribution in [1.29, 1.82) is 0 Å². The third-order valence-corrected chi connectivity index (χ3v) is 3.58. The number of aryl methyl sites for hydroxylation is 1. The third-order valence-electron chi connectivity index (χ3n) is 3.58. The van der Waals surface area contributed by atoms with Gasteiger partial charge in [0.1, 0.15) is 0 Å². The molecule has 3 nitrogen and oxygen atoms in total. The van der Waals surface area contributed by atoms with E-state index >= 15 is 0 Å². The smallest absolute Gasteiger partial charge is 0.0575 e. The molecule has 2 unspecified atom stereocenters. The van der Waals surface area contributed by atoms with Gasteiger partial charge in [0.25, 0.3) is 0 Å². The molecule has 1 saturated heterocycles. The van der Waals surface area contributed by atoms with Crippen molar-refractivity contribution in [2.24, 2.45) is 5.73 Å². The largest absolute Gasteiger partial charge is 0.378 e. The van der Waals surface area contributed by atoms with Crippen LogP contribution in [0.25, 0.3) is 0 Å². The predicted octanol–water partition coefficient (Wildman–Crippen LogP) is 2.61. The van der Waals surface area contributed by atoms with Crippen LogP contribution in [0.2, 0.25) is 0 Å². The molecule has 2 heterocycles. The SMILES string of the molecule is Cc1ccc(CC(N)CCC2CCCCO2)nc1. The van der Waals surface area contributed by atoms with Gasteiger partial charge in [-0.2, -0.15) is 0 Å². The van der Waals surface area contributed by atoms with Crippen LogP contribution in [-0.2, 0) is 11.2 Å². The van der Waals surface area contributed by atoms with Gasteiger partial charge in [-0.1, -0.05) is 6.07 Å². The highest BCUT2D eigenvalue weighted by Crippen LogP contribution is 2.18. The van der Waals surface area contributed by atoms with Gasteiger partial charge in [0.2, 0.25) is 0 Å². The van der Waals surface area contributed by atoms with Gasteiger partial charge in [-0.05, 0) is 50.7 Å². The molecule has 0 saturated carbocycles. The van der Waals surface area contributed by atoms with Crippen LogP contribution in [0.15, 0.2) is 18.3 Å². The number of ether oxygens (including phenoxy) is 1. The summed E-state index contributed by atoms with van der Waals surface area (Å²) in [5.41, 5.74) is 8.46. The Morgan fingerprint density at radius 2 is 2.33 bits per heavy atom. The quantitative estimate of drug-likeness (QED) is 0.871. The Bertz CT molecular complexity index is 344. The highest BCUT2D eigenvalue weighted by atomic mass is 16.5. The maximum absolute atomic E-state index is 6.17. The summed E-state index contributed by atoms with van der Waals surface area (Å²) < 4.78 is 5.72. The summed E-state index contributed by atoms with van der Waals surface area (Å²) >= 11 is 0. The molecule has 100 valence electrons. The second-order valence-electron chi connectivity index (χ2n) is 5.36. The number of rotatable bonds is 5. The van der Waals surface area contributed by atoms with Gasteiger partial charge in [0, 0.05) is 31.0 Å². The molecular weight excluding hydrogens is 224 g/mol. The number of hydrogen-bond acceptors (Lipinski definition) is 3. The summed E-state index contributed by atoms with van der Waals surface area (Å²) in [6.07, 6.45) is 9.06. The highest BCUT2D eigenvalue weighted by molar-refractivity contribution is 5.12. The zero-order chi connectivity index (χ0) is 12.8. The van der Waals surface area contributed by atoms with Crippen molar-refractivity contribution >= 4 is 0 Å². The Kier molecular flexibility index (Phi) is 5.14. The Morgan fingerprint density at radius 3 is 3.00 bits per heavy atom. The van der Waals surface area contributed by atoms with Crippen LogP contribution in [-0.4, -0.2) is 23.7 Å². The van der Waals surface area contributed by atoms with Gasteiger partial charge in [-0.15, -0.1) is 0 Å². The first-order valence-corrected chi connectivity index (χ1v) is 7.03. The standard InChI is InChI=1S/C15H24N2O/c1-12-5-7-14(17-11-12)10-13(16)6-8-15-4-2-3-9-18-15/h5,7,11,13,15H,2-4,6,8-10,16H2,1H3. The fraction of sp³-hybridized carbons (Fsp3) is 0.667.